The fourth-order valence-electron chi connectivity index (χ4n) is 3.33. The summed E-state index contributed by atoms with van der Waals surface area (Å²) in [4.78, 5) is 15.8. The highest BCUT2D eigenvalue weighted by Crippen LogP contribution is 2.21. The van der Waals surface area contributed by atoms with Crippen molar-refractivity contribution in [3.8, 4) is 0 Å². The molecule has 0 aromatic carbocycles. The topological polar surface area (TPSA) is 69.9 Å². The van der Waals surface area contributed by atoms with Gasteiger partial charge in [-0.05, 0) is 6.42 Å². The molecular formula is C17H33N2O3+. The molecule has 0 radical (unpaired) electrons. The van der Waals surface area contributed by atoms with E-state index in [9.17, 15) is 9.90 Å². The predicted molar refractivity (Wildman–Crippen MR) is 89.1 cm³/mol. The van der Waals surface area contributed by atoms with E-state index in [1.807, 2.05) is 0 Å². The largest absolute Gasteiger partial charge is 0.477 e. The fourth-order valence-corrected chi connectivity index (χ4v) is 3.33. The maximum Gasteiger partial charge on any atom is 0.359 e. The van der Waals surface area contributed by atoms with Crippen LogP contribution in [0.3, 0.4) is 0 Å². The minimum atomic E-state index is -0.771. The van der Waals surface area contributed by atoms with Crippen molar-refractivity contribution >= 4 is 11.8 Å². The lowest BCUT2D eigenvalue weighted by Crippen LogP contribution is -2.54. The average Bonchev–Trinajstić information content (AvgIpc) is 2.86. The minimum Gasteiger partial charge on any atom is -0.477 e. The molecule has 5 nitrogen and oxygen atoms in total. The number of quaternary nitrogens is 1. The standard InChI is InChI=1S/C17H32N2O3/c1-2-3-4-5-6-7-8-10-16-18-11-13-19(16,12-9-14-20)15-17(21)22/h20H,2-15H2,1H3/p+1. The van der Waals surface area contributed by atoms with Gasteiger partial charge in [0.25, 0.3) is 0 Å². The van der Waals surface area contributed by atoms with Crippen molar-refractivity contribution in [2.75, 3.05) is 32.8 Å². The molecule has 0 aromatic heterocycles. The molecule has 0 aliphatic carbocycles. The number of aliphatic hydroxyl groups excluding tert-OH is 1. The molecule has 2 N–H and O–H groups in total. The number of aliphatic imine (C=N–C) groups is 1. The number of hydrogen-bond acceptors (Lipinski definition) is 3. The van der Waals surface area contributed by atoms with Gasteiger partial charge in [0, 0.05) is 19.4 Å². The molecule has 128 valence electrons. The molecule has 1 aliphatic heterocycles. The molecule has 0 saturated heterocycles. The van der Waals surface area contributed by atoms with Crippen LogP contribution in [0.1, 0.15) is 64.7 Å². The normalized spacial score (nSPS) is 21.1. The SMILES string of the molecule is CCCCCCCCCC1=NCC[N+]1(CCCO)CC(=O)O. The third-order valence-corrected chi connectivity index (χ3v) is 4.56. The van der Waals surface area contributed by atoms with Crippen LogP contribution >= 0.6 is 0 Å². The zero-order chi connectivity index (χ0) is 16.3. The lowest BCUT2D eigenvalue weighted by molar-refractivity contribution is -0.829. The first kappa shape index (κ1) is 19.1. The maximum atomic E-state index is 11.2. The highest BCUT2D eigenvalue weighted by molar-refractivity contribution is 5.80. The Hall–Kier alpha value is -0.940. The van der Waals surface area contributed by atoms with Gasteiger partial charge >= 0.3 is 5.97 Å². The average molecular weight is 313 g/mol. The Balaban J connectivity index is 2.39. The van der Waals surface area contributed by atoms with E-state index in [1.165, 1.54) is 38.5 Å². The van der Waals surface area contributed by atoms with Crippen LogP contribution in [0.4, 0.5) is 0 Å². The Morgan fingerprint density at radius 1 is 1.14 bits per heavy atom. The first-order valence-electron chi connectivity index (χ1n) is 8.87. The number of aliphatic carboxylic acids is 1. The second-order valence-corrected chi connectivity index (χ2v) is 6.39. The van der Waals surface area contributed by atoms with E-state index in [-0.39, 0.29) is 13.2 Å². The Bertz CT molecular complexity index is 358. The van der Waals surface area contributed by atoms with E-state index >= 15 is 0 Å². The molecule has 5 heteroatoms. The third-order valence-electron chi connectivity index (χ3n) is 4.56. The number of carboxylic acids is 1. The molecule has 1 aliphatic rings. The van der Waals surface area contributed by atoms with Crippen LogP contribution < -0.4 is 0 Å². The van der Waals surface area contributed by atoms with Gasteiger partial charge in [-0.25, -0.2) is 9.79 Å². The molecule has 0 amide bonds. The zero-order valence-electron chi connectivity index (χ0n) is 14.1. The van der Waals surface area contributed by atoms with Crippen LogP contribution in [-0.2, 0) is 4.79 Å². The summed E-state index contributed by atoms with van der Waals surface area (Å²) in [5, 5.41) is 18.3. The van der Waals surface area contributed by atoms with E-state index in [0.717, 1.165) is 31.8 Å². The highest BCUT2D eigenvalue weighted by Gasteiger charge is 2.39. The molecule has 1 unspecified atom stereocenters. The smallest absolute Gasteiger partial charge is 0.359 e. The third kappa shape index (κ3) is 6.44. The number of unbranched alkanes of at least 4 members (excludes halogenated alkanes) is 6. The van der Waals surface area contributed by atoms with Gasteiger partial charge in [-0.2, -0.15) is 0 Å². The minimum absolute atomic E-state index is 0.106. The van der Waals surface area contributed by atoms with Gasteiger partial charge in [0.2, 0.25) is 0 Å². The summed E-state index contributed by atoms with van der Waals surface area (Å²) in [5.41, 5.74) is 0. The van der Waals surface area contributed by atoms with E-state index in [4.69, 9.17) is 5.11 Å². The van der Waals surface area contributed by atoms with E-state index < -0.39 is 5.97 Å². The van der Waals surface area contributed by atoms with Gasteiger partial charge in [-0.15, -0.1) is 0 Å². The molecule has 22 heavy (non-hydrogen) atoms. The number of carboxylic acid groups (broad SMARTS) is 1. The van der Waals surface area contributed by atoms with E-state index in [1.54, 1.807) is 0 Å². The molecule has 0 fully saturated rings. The first-order chi connectivity index (χ1) is 10.6. The van der Waals surface area contributed by atoms with Crippen LogP contribution in [0.15, 0.2) is 4.99 Å². The molecule has 0 aromatic rings. The molecule has 0 bridgehead atoms. The first-order valence-corrected chi connectivity index (χ1v) is 8.87. The van der Waals surface area contributed by atoms with Gasteiger partial charge in [-0.1, -0.05) is 45.4 Å². The van der Waals surface area contributed by atoms with Gasteiger partial charge in [0.15, 0.2) is 12.4 Å². The van der Waals surface area contributed by atoms with Crippen molar-refractivity contribution in [3.63, 3.8) is 0 Å². The summed E-state index contributed by atoms with van der Waals surface area (Å²) in [7, 11) is 0. The second-order valence-electron chi connectivity index (χ2n) is 6.39. The number of nitrogens with zero attached hydrogens (tertiary/aromatic N) is 2. The van der Waals surface area contributed by atoms with Crippen molar-refractivity contribution < 1.29 is 19.5 Å². The Morgan fingerprint density at radius 3 is 2.45 bits per heavy atom. The van der Waals surface area contributed by atoms with Crippen molar-refractivity contribution in [1.29, 1.82) is 0 Å². The summed E-state index contributed by atoms with van der Waals surface area (Å²) >= 11 is 0. The van der Waals surface area contributed by atoms with Crippen LogP contribution in [0, 0.1) is 0 Å². The molecule has 0 saturated carbocycles. The predicted octanol–water partition coefficient (Wildman–Crippen LogP) is 2.82. The molecule has 1 atom stereocenters. The van der Waals surface area contributed by atoms with Gasteiger partial charge in [-0.3, -0.25) is 4.48 Å². The molecule has 1 heterocycles. The second kappa shape index (κ2) is 10.7. The van der Waals surface area contributed by atoms with Crippen LogP contribution in [0.25, 0.3) is 0 Å². The zero-order valence-corrected chi connectivity index (χ0v) is 14.1. The Kier molecular flexibility index (Phi) is 9.32. The fraction of sp³-hybridized carbons (Fsp3) is 0.882. The van der Waals surface area contributed by atoms with Crippen molar-refractivity contribution in [2.45, 2.75) is 64.7 Å². The van der Waals surface area contributed by atoms with Crippen LogP contribution in [-0.4, -0.2) is 59.3 Å². The van der Waals surface area contributed by atoms with E-state index in [0.29, 0.717) is 17.4 Å². The summed E-state index contributed by atoms with van der Waals surface area (Å²) in [6.45, 7) is 4.64. The summed E-state index contributed by atoms with van der Waals surface area (Å²) in [6, 6.07) is 0. The van der Waals surface area contributed by atoms with Crippen LogP contribution in [0.2, 0.25) is 0 Å². The number of rotatable bonds is 13. The summed E-state index contributed by atoms with van der Waals surface area (Å²) in [6.07, 6.45) is 10.4. The quantitative estimate of drug-likeness (QED) is 0.406. The molecular weight excluding hydrogens is 280 g/mol. The van der Waals surface area contributed by atoms with Gasteiger partial charge < -0.3 is 10.2 Å². The molecule has 1 rings (SSSR count). The monoisotopic (exact) mass is 313 g/mol. The van der Waals surface area contributed by atoms with Crippen molar-refractivity contribution in [2.24, 2.45) is 4.99 Å². The maximum absolute atomic E-state index is 11.2. The van der Waals surface area contributed by atoms with Crippen LogP contribution in [0.5, 0.6) is 0 Å². The number of hydrogen-bond donors (Lipinski definition) is 2. The Labute approximate surface area is 134 Å². The van der Waals surface area contributed by atoms with E-state index in [2.05, 4.69) is 11.9 Å². The number of amidine groups is 1. The van der Waals surface area contributed by atoms with Crippen molar-refractivity contribution in [1.82, 2.24) is 0 Å². The van der Waals surface area contributed by atoms with Gasteiger partial charge in [0.05, 0.1) is 13.1 Å². The highest BCUT2D eigenvalue weighted by atomic mass is 16.4. The summed E-state index contributed by atoms with van der Waals surface area (Å²) < 4.78 is 0.464. The lowest BCUT2D eigenvalue weighted by Gasteiger charge is -2.33. The summed E-state index contributed by atoms with van der Waals surface area (Å²) in [5.74, 6) is 0.275. The Morgan fingerprint density at radius 2 is 1.82 bits per heavy atom. The molecule has 0 spiro atoms. The van der Waals surface area contributed by atoms with Gasteiger partial charge in [0.1, 0.15) is 6.54 Å². The number of aliphatic hydroxyl groups is 1. The lowest BCUT2D eigenvalue weighted by atomic mass is 10.1. The number of carbonyl (C=O) groups is 1. The van der Waals surface area contributed by atoms with Crippen molar-refractivity contribution in [3.05, 3.63) is 0 Å².